The highest BCUT2D eigenvalue weighted by Crippen LogP contribution is 2.26. The van der Waals surface area contributed by atoms with Crippen LogP contribution in [-0.2, 0) is 6.54 Å². The summed E-state index contributed by atoms with van der Waals surface area (Å²) < 4.78 is 13.4. The normalized spacial score (nSPS) is 14.6. The van der Waals surface area contributed by atoms with Crippen molar-refractivity contribution >= 4 is 22.9 Å². The Morgan fingerprint density at radius 1 is 0.882 bits per heavy atom. The van der Waals surface area contributed by atoms with E-state index >= 15 is 0 Å². The van der Waals surface area contributed by atoms with E-state index in [9.17, 15) is 4.39 Å². The van der Waals surface area contributed by atoms with Gasteiger partial charge in [0.05, 0.1) is 0 Å². The Morgan fingerprint density at radius 3 is 2.32 bits per heavy atom. The van der Waals surface area contributed by atoms with Crippen molar-refractivity contribution in [1.82, 2.24) is 30.0 Å². The molecule has 0 unspecified atom stereocenters. The lowest BCUT2D eigenvalue weighted by Crippen LogP contribution is -2.49. The first kappa shape index (κ1) is 22.1. The SMILES string of the molecule is CC(C)N1CCN(c2nc(NCc3ccccc3)nc3nnc(-c4ccc(F)cc4)nc23)CC1. The largest absolute Gasteiger partial charge is 0.352 e. The summed E-state index contributed by atoms with van der Waals surface area (Å²) in [5, 5.41) is 11.9. The summed E-state index contributed by atoms with van der Waals surface area (Å²) in [6, 6.07) is 16.7. The Balaban J connectivity index is 1.51. The third-order valence-electron chi connectivity index (χ3n) is 6.04. The predicted octanol–water partition coefficient (Wildman–Crippen LogP) is 3.76. The van der Waals surface area contributed by atoms with Gasteiger partial charge in [0, 0.05) is 44.3 Å². The topological polar surface area (TPSA) is 83.0 Å². The van der Waals surface area contributed by atoms with Crippen molar-refractivity contribution in [2.75, 3.05) is 36.4 Å². The molecule has 0 radical (unpaired) electrons. The first-order valence-corrected chi connectivity index (χ1v) is 11.5. The molecule has 3 heterocycles. The second kappa shape index (κ2) is 9.64. The number of halogens is 1. The Bertz CT molecular complexity index is 1260. The third-order valence-corrected chi connectivity index (χ3v) is 6.04. The van der Waals surface area contributed by atoms with Crippen molar-refractivity contribution in [1.29, 1.82) is 0 Å². The molecule has 1 fully saturated rings. The highest BCUT2D eigenvalue weighted by atomic mass is 19.1. The lowest BCUT2D eigenvalue weighted by atomic mass is 10.2. The van der Waals surface area contributed by atoms with Crippen LogP contribution < -0.4 is 10.2 Å². The van der Waals surface area contributed by atoms with Gasteiger partial charge < -0.3 is 10.2 Å². The molecule has 5 rings (SSSR count). The van der Waals surface area contributed by atoms with Crippen LogP contribution in [0.15, 0.2) is 54.6 Å². The van der Waals surface area contributed by atoms with E-state index in [-0.39, 0.29) is 5.82 Å². The number of aromatic nitrogens is 5. The molecule has 9 heteroatoms. The highest BCUT2D eigenvalue weighted by Gasteiger charge is 2.24. The highest BCUT2D eigenvalue weighted by molar-refractivity contribution is 5.85. The van der Waals surface area contributed by atoms with Crippen LogP contribution >= 0.6 is 0 Å². The fourth-order valence-corrected chi connectivity index (χ4v) is 4.07. The number of benzene rings is 2. The van der Waals surface area contributed by atoms with E-state index in [1.807, 2.05) is 18.2 Å². The van der Waals surface area contributed by atoms with E-state index in [2.05, 4.69) is 56.3 Å². The summed E-state index contributed by atoms with van der Waals surface area (Å²) in [6.45, 7) is 8.58. The van der Waals surface area contributed by atoms with Crippen LogP contribution in [0.1, 0.15) is 19.4 Å². The van der Waals surface area contributed by atoms with Gasteiger partial charge in [0.15, 0.2) is 17.2 Å². The fourth-order valence-electron chi connectivity index (χ4n) is 4.07. The zero-order valence-corrected chi connectivity index (χ0v) is 19.3. The number of hydrogen-bond donors (Lipinski definition) is 1. The first-order chi connectivity index (χ1) is 16.6. The average Bonchev–Trinajstić information content (AvgIpc) is 2.88. The summed E-state index contributed by atoms with van der Waals surface area (Å²) in [5.74, 6) is 1.34. The van der Waals surface area contributed by atoms with E-state index in [1.54, 1.807) is 12.1 Å². The number of nitrogens with one attached hydrogen (secondary N) is 1. The zero-order chi connectivity index (χ0) is 23.5. The van der Waals surface area contributed by atoms with Crippen LogP contribution in [0.2, 0.25) is 0 Å². The van der Waals surface area contributed by atoms with Gasteiger partial charge in [-0.25, -0.2) is 9.37 Å². The number of piperazine rings is 1. The van der Waals surface area contributed by atoms with Crippen molar-refractivity contribution < 1.29 is 4.39 Å². The van der Waals surface area contributed by atoms with Crippen molar-refractivity contribution in [3.05, 3.63) is 66.0 Å². The monoisotopic (exact) mass is 458 g/mol. The van der Waals surface area contributed by atoms with Crippen LogP contribution in [0.5, 0.6) is 0 Å². The van der Waals surface area contributed by atoms with Gasteiger partial charge in [0.2, 0.25) is 11.6 Å². The van der Waals surface area contributed by atoms with Crippen LogP contribution in [0.3, 0.4) is 0 Å². The predicted molar refractivity (Wildman–Crippen MR) is 131 cm³/mol. The van der Waals surface area contributed by atoms with E-state index in [0.29, 0.717) is 41.1 Å². The van der Waals surface area contributed by atoms with E-state index in [0.717, 1.165) is 37.6 Å². The van der Waals surface area contributed by atoms with Gasteiger partial charge in [0.25, 0.3) is 0 Å². The quantitative estimate of drug-likeness (QED) is 0.468. The standard InChI is InChI=1S/C25H27FN8/c1-17(2)33-12-14-34(15-13-33)24-21-23(29-25(30-24)27-16-18-6-4-3-5-7-18)32-31-22(28-21)19-8-10-20(26)11-9-19/h3-11,17H,12-16H2,1-2H3,(H,27,29,30,32). The molecule has 2 aromatic carbocycles. The van der Waals surface area contributed by atoms with Crippen LogP contribution in [0, 0.1) is 5.82 Å². The molecule has 174 valence electrons. The van der Waals surface area contributed by atoms with Crippen LogP contribution in [-0.4, -0.2) is 62.3 Å². The van der Waals surface area contributed by atoms with Gasteiger partial charge in [0.1, 0.15) is 5.82 Å². The maximum atomic E-state index is 13.4. The van der Waals surface area contributed by atoms with E-state index in [4.69, 9.17) is 9.97 Å². The summed E-state index contributed by atoms with van der Waals surface area (Å²) in [5.41, 5.74) is 2.85. The molecule has 0 saturated carbocycles. The molecule has 1 N–H and O–H groups in total. The van der Waals surface area contributed by atoms with Gasteiger partial charge in [-0.2, -0.15) is 9.97 Å². The molecular formula is C25H27FN8. The maximum absolute atomic E-state index is 13.4. The number of anilines is 2. The molecule has 34 heavy (non-hydrogen) atoms. The van der Waals surface area contributed by atoms with Gasteiger partial charge in [-0.15, -0.1) is 10.2 Å². The van der Waals surface area contributed by atoms with Crippen LogP contribution in [0.25, 0.3) is 22.6 Å². The van der Waals surface area contributed by atoms with Crippen molar-refractivity contribution in [2.24, 2.45) is 0 Å². The van der Waals surface area contributed by atoms with Crippen molar-refractivity contribution in [3.63, 3.8) is 0 Å². The summed E-state index contributed by atoms with van der Waals surface area (Å²) in [4.78, 5) is 18.9. The number of fused-ring (bicyclic) bond motifs is 1. The minimum Gasteiger partial charge on any atom is -0.352 e. The molecule has 0 bridgehead atoms. The smallest absolute Gasteiger partial charge is 0.227 e. The Kier molecular flexibility index (Phi) is 6.27. The summed E-state index contributed by atoms with van der Waals surface area (Å²) in [6.07, 6.45) is 0. The van der Waals surface area contributed by atoms with Crippen molar-refractivity contribution in [2.45, 2.75) is 26.4 Å². The number of rotatable bonds is 6. The molecular weight excluding hydrogens is 431 g/mol. The third kappa shape index (κ3) is 4.79. The molecule has 8 nitrogen and oxygen atoms in total. The minimum absolute atomic E-state index is 0.307. The minimum atomic E-state index is -0.307. The molecule has 0 atom stereocenters. The molecule has 1 saturated heterocycles. The lowest BCUT2D eigenvalue weighted by molar-refractivity contribution is 0.209. The average molecular weight is 459 g/mol. The fraction of sp³-hybridized carbons (Fsp3) is 0.320. The molecule has 1 aliphatic rings. The molecule has 2 aromatic heterocycles. The van der Waals surface area contributed by atoms with Crippen molar-refractivity contribution in [3.8, 4) is 11.4 Å². The lowest BCUT2D eigenvalue weighted by Gasteiger charge is -2.37. The van der Waals surface area contributed by atoms with Crippen LogP contribution in [0.4, 0.5) is 16.2 Å². The van der Waals surface area contributed by atoms with Gasteiger partial charge >= 0.3 is 0 Å². The summed E-state index contributed by atoms with van der Waals surface area (Å²) in [7, 11) is 0. The Labute approximate surface area is 197 Å². The molecule has 4 aromatic rings. The first-order valence-electron chi connectivity index (χ1n) is 11.5. The Morgan fingerprint density at radius 2 is 1.62 bits per heavy atom. The van der Waals surface area contributed by atoms with E-state index in [1.165, 1.54) is 12.1 Å². The molecule has 0 amide bonds. The molecule has 1 aliphatic heterocycles. The second-order valence-corrected chi connectivity index (χ2v) is 8.64. The van der Waals surface area contributed by atoms with Gasteiger partial charge in [-0.05, 0) is 43.7 Å². The van der Waals surface area contributed by atoms with E-state index < -0.39 is 0 Å². The Hall–Kier alpha value is -3.72. The second-order valence-electron chi connectivity index (χ2n) is 8.64. The molecule has 0 spiro atoms. The number of nitrogens with zero attached hydrogens (tertiary/aromatic N) is 7. The number of hydrogen-bond acceptors (Lipinski definition) is 8. The zero-order valence-electron chi connectivity index (χ0n) is 19.3. The molecule has 0 aliphatic carbocycles. The maximum Gasteiger partial charge on any atom is 0.227 e. The van der Waals surface area contributed by atoms with Gasteiger partial charge in [-0.3, -0.25) is 4.90 Å². The summed E-state index contributed by atoms with van der Waals surface area (Å²) >= 11 is 0. The van der Waals surface area contributed by atoms with Gasteiger partial charge in [-0.1, -0.05) is 30.3 Å².